The number of thiophene rings is 1. The van der Waals surface area contributed by atoms with Gasteiger partial charge in [0.2, 0.25) is 10.0 Å². The molecular formula is C11H16BrNO3S2. The maximum Gasteiger partial charge on any atom is 0.244 e. The highest BCUT2D eigenvalue weighted by atomic mass is 79.9. The molecule has 0 amide bonds. The van der Waals surface area contributed by atoms with Crippen LogP contribution in [0.2, 0.25) is 0 Å². The van der Waals surface area contributed by atoms with Gasteiger partial charge in [0.05, 0.1) is 14.3 Å². The van der Waals surface area contributed by atoms with Crippen molar-refractivity contribution in [1.29, 1.82) is 0 Å². The lowest BCUT2D eigenvalue weighted by Gasteiger charge is -2.34. The summed E-state index contributed by atoms with van der Waals surface area (Å²) >= 11 is 4.73. The van der Waals surface area contributed by atoms with E-state index < -0.39 is 15.6 Å². The van der Waals surface area contributed by atoms with Gasteiger partial charge in [0.15, 0.2) is 0 Å². The summed E-state index contributed by atoms with van der Waals surface area (Å²) in [6.07, 6.45) is 0.965. The molecule has 0 radical (unpaired) electrons. The third kappa shape index (κ3) is 2.80. The minimum Gasteiger partial charge on any atom is -0.390 e. The Bertz CT molecular complexity index is 541. The Labute approximate surface area is 120 Å². The van der Waals surface area contributed by atoms with Crippen molar-refractivity contribution in [2.75, 3.05) is 13.1 Å². The zero-order chi connectivity index (χ0) is 13.6. The van der Waals surface area contributed by atoms with E-state index in [1.165, 1.54) is 15.6 Å². The molecule has 1 N–H and O–H groups in total. The quantitative estimate of drug-likeness (QED) is 0.887. The number of sulfonamides is 1. The van der Waals surface area contributed by atoms with Crippen molar-refractivity contribution in [2.45, 2.75) is 37.2 Å². The number of piperidine rings is 1. The Balaban J connectivity index is 2.25. The number of halogens is 1. The largest absolute Gasteiger partial charge is 0.390 e. The molecule has 0 aliphatic carbocycles. The van der Waals surface area contributed by atoms with Crippen molar-refractivity contribution in [3.63, 3.8) is 0 Å². The highest BCUT2D eigenvalue weighted by Crippen LogP contribution is 2.33. The van der Waals surface area contributed by atoms with Crippen LogP contribution in [0.15, 0.2) is 14.7 Å². The number of hydrogen-bond acceptors (Lipinski definition) is 4. The predicted octanol–water partition coefficient (Wildman–Crippen LogP) is 2.35. The van der Waals surface area contributed by atoms with Crippen molar-refractivity contribution in [2.24, 2.45) is 0 Å². The van der Waals surface area contributed by atoms with E-state index >= 15 is 0 Å². The van der Waals surface area contributed by atoms with Gasteiger partial charge in [-0.2, -0.15) is 4.31 Å². The van der Waals surface area contributed by atoms with Gasteiger partial charge in [-0.1, -0.05) is 0 Å². The summed E-state index contributed by atoms with van der Waals surface area (Å²) in [5.74, 6) is 0. The molecule has 1 aromatic heterocycles. The summed E-state index contributed by atoms with van der Waals surface area (Å²) in [6.45, 7) is 4.32. The van der Waals surface area contributed by atoms with E-state index in [0.29, 0.717) is 30.8 Å². The second-order valence-corrected chi connectivity index (χ2v) is 9.41. The summed E-state index contributed by atoms with van der Waals surface area (Å²) in [6, 6.07) is 1.65. The first-order chi connectivity index (χ1) is 8.22. The van der Waals surface area contributed by atoms with Gasteiger partial charge in [0.25, 0.3) is 0 Å². The Hall–Kier alpha value is 0.0500. The molecule has 0 atom stereocenters. The monoisotopic (exact) mass is 353 g/mol. The summed E-state index contributed by atoms with van der Waals surface area (Å²) in [7, 11) is -3.42. The number of nitrogens with zero attached hydrogens (tertiary/aromatic N) is 1. The molecule has 1 saturated heterocycles. The molecule has 0 aromatic carbocycles. The van der Waals surface area contributed by atoms with Gasteiger partial charge in [-0.15, -0.1) is 11.3 Å². The van der Waals surface area contributed by atoms with Crippen molar-refractivity contribution in [1.82, 2.24) is 4.31 Å². The zero-order valence-corrected chi connectivity index (χ0v) is 13.5. The fourth-order valence-electron chi connectivity index (χ4n) is 2.03. The van der Waals surface area contributed by atoms with Crippen LogP contribution in [0.25, 0.3) is 0 Å². The summed E-state index contributed by atoms with van der Waals surface area (Å²) in [5, 5.41) is 9.86. The smallest absolute Gasteiger partial charge is 0.244 e. The maximum atomic E-state index is 12.5. The first kappa shape index (κ1) is 14.5. The Morgan fingerprint density at radius 1 is 1.44 bits per heavy atom. The fourth-order valence-corrected chi connectivity index (χ4v) is 5.86. The minimum atomic E-state index is -3.42. The van der Waals surface area contributed by atoms with Gasteiger partial charge < -0.3 is 5.11 Å². The molecule has 1 aromatic rings. The molecule has 18 heavy (non-hydrogen) atoms. The van der Waals surface area contributed by atoms with Crippen LogP contribution in [0.3, 0.4) is 0 Å². The third-order valence-electron chi connectivity index (χ3n) is 3.26. The van der Waals surface area contributed by atoms with E-state index in [-0.39, 0.29) is 0 Å². The summed E-state index contributed by atoms with van der Waals surface area (Å²) < 4.78 is 27.2. The number of aryl methyl sites for hydroxylation is 1. The highest BCUT2D eigenvalue weighted by molar-refractivity contribution is 9.11. The van der Waals surface area contributed by atoms with Gasteiger partial charge in [-0.25, -0.2) is 8.42 Å². The number of aliphatic hydroxyl groups is 1. The van der Waals surface area contributed by atoms with Crippen LogP contribution >= 0.6 is 27.3 Å². The molecule has 0 bridgehead atoms. The molecule has 0 unspecified atom stereocenters. The van der Waals surface area contributed by atoms with Crippen molar-refractivity contribution >= 4 is 37.3 Å². The molecule has 1 aliphatic rings. The molecule has 7 heteroatoms. The van der Waals surface area contributed by atoms with Crippen LogP contribution in [0, 0.1) is 6.92 Å². The molecule has 1 aliphatic heterocycles. The van der Waals surface area contributed by atoms with E-state index in [9.17, 15) is 13.5 Å². The molecule has 1 fully saturated rings. The van der Waals surface area contributed by atoms with Gasteiger partial charge in [-0.3, -0.25) is 0 Å². The standard InChI is InChI=1S/C11H16BrNO3S2/c1-8-9(7-10(12)17-8)18(15,16)13-5-3-11(2,14)4-6-13/h7,14H,3-6H2,1-2H3. The maximum absolute atomic E-state index is 12.5. The second kappa shape index (κ2) is 4.86. The Morgan fingerprint density at radius 2 is 2.00 bits per heavy atom. The predicted molar refractivity (Wildman–Crippen MR) is 75.4 cm³/mol. The third-order valence-corrected chi connectivity index (χ3v) is 6.97. The zero-order valence-electron chi connectivity index (χ0n) is 10.3. The first-order valence-corrected chi connectivity index (χ1v) is 8.76. The van der Waals surface area contributed by atoms with E-state index in [1.54, 1.807) is 13.0 Å². The lowest BCUT2D eigenvalue weighted by molar-refractivity contribution is 0.0126. The molecule has 2 heterocycles. The number of hydrogen-bond donors (Lipinski definition) is 1. The molecule has 4 nitrogen and oxygen atoms in total. The average molecular weight is 354 g/mol. The lowest BCUT2D eigenvalue weighted by Crippen LogP contribution is -2.45. The SMILES string of the molecule is Cc1sc(Br)cc1S(=O)(=O)N1CCC(C)(O)CC1. The lowest BCUT2D eigenvalue weighted by atomic mass is 9.95. The van der Waals surface area contributed by atoms with E-state index in [4.69, 9.17) is 0 Å². The normalized spacial score (nSPS) is 21.1. The first-order valence-electron chi connectivity index (χ1n) is 5.71. The molecule has 0 spiro atoms. The highest BCUT2D eigenvalue weighted by Gasteiger charge is 2.35. The summed E-state index contributed by atoms with van der Waals surface area (Å²) in [4.78, 5) is 1.17. The van der Waals surface area contributed by atoms with Crippen molar-refractivity contribution in [3.05, 3.63) is 14.7 Å². The van der Waals surface area contributed by atoms with Gasteiger partial charge in [0.1, 0.15) is 0 Å². The molecule has 102 valence electrons. The van der Waals surface area contributed by atoms with Gasteiger partial charge in [0, 0.05) is 18.0 Å². The molecule has 0 saturated carbocycles. The van der Waals surface area contributed by atoms with E-state index in [0.717, 1.165) is 8.66 Å². The van der Waals surface area contributed by atoms with Crippen LogP contribution in [0.5, 0.6) is 0 Å². The summed E-state index contributed by atoms with van der Waals surface area (Å²) in [5.41, 5.74) is -0.740. The van der Waals surface area contributed by atoms with Crippen LogP contribution in [0.1, 0.15) is 24.6 Å². The van der Waals surface area contributed by atoms with Crippen LogP contribution in [-0.2, 0) is 10.0 Å². The number of rotatable bonds is 2. The van der Waals surface area contributed by atoms with Gasteiger partial charge >= 0.3 is 0 Å². The minimum absolute atomic E-state index is 0.376. The van der Waals surface area contributed by atoms with Crippen molar-refractivity contribution < 1.29 is 13.5 Å². The Kier molecular flexibility index (Phi) is 3.91. The van der Waals surface area contributed by atoms with Crippen molar-refractivity contribution in [3.8, 4) is 0 Å². The fraction of sp³-hybridized carbons (Fsp3) is 0.636. The van der Waals surface area contributed by atoms with Crippen LogP contribution in [-0.4, -0.2) is 36.5 Å². The average Bonchev–Trinajstić information content (AvgIpc) is 2.58. The van der Waals surface area contributed by atoms with E-state index in [1.807, 2.05) is 6.92 Å². The van der Waals surface area contributed by atoms with Gasteiger partial charge in [-0.05, 0) is 48.7 Å². The topological polar surface area (TPSA) is 57.6 Å². The molecular weight excluding hydrogens is 338 g/mol. The second-order valence-electron chi connectivity index (χ2n) is 4.87. The van der Waals surface area contributed by atoms with E-state index in [2.05, 4.69) is 15.9 Å². The molecule has 2 rings (SSSR count). The van der Waals surface area contributed by atoms with Crippen LogP contribution < -0.4 is 0 Å². The van der Waals surface area contributed by atoms with Crippen LogP contribution in [0.4, 0.5) is 0 Å². The Morgan fingerprint density at radius 3 is 2.44 bits per heavy atom.